The molecule has 0 saturated carbocycles. The van der Waals surface area contributed by atoms with Gasteiger partial charge < -0.3 is 15.8 Å². The second-order valence-corrected chi connectivity index (χ2v) is 4.19. The van der Waals surface area contributed by atoms with Gasteiger partial charge in [-0.2, -0.15) is 0 Å². The summed E-state index contributed by atoms with van der Waals surface area (Å²) in [5.41, 5.74) is 7.45. The highest BCUT2D eigenvalue weighted by Gasteiger charge is 2.10. The molecule has 1 atom stereocenters. The second kappa shape index (κ2) is 6.13. The maximum absolute atomic E-state index is 11.5. The number of anilines is 2. The lowest BCUT2D eigenvalue weighted by Gasteiger charge is -2.12. The number of nitrogen functional groups attached to an aromatic ring is 1. The lowest BCUT2D eigenvalue weighted by Crippen LogP contribution is -2.12. The van der Waals surface area contributed by atoms with E-state index in [-0.39, 0.29) is 0 Å². The van der Waals surface area contributed by atoms with E-state index in [4.69, 9.17) is 5.73 Å². The molecule has 0 heterocycles. The van der Waals surface area contributed by atoms with Crippen LogP contribution in [0.3, 0.4) is 0 Å². The third-order valence-electron chi connectivity index (χ3n) is 2.81. The molecule has 17 heavy (non-hydrogen) atoms. The normalized spacial score (nSPS) is 11.9. The highest BCUT2D eigenvalue weighted by atomic mass is 16.5. The minimum absolute atomic E-state index is 0.404. The summed E-state index contributed by atoms with van der Waals surface area (Å²) < 4.78 is 4.67. The van der Waals surface area contributed by atoms with E-state index in [0.717, 1.165) is 18.7 Å². The van der Waals surface area contributed by atoms with Gasteiger partial charge in [0.2, 0.25) is 0 Å². The van der Waals surface area contributed by atoms with E-state index < -0.39 is 5.97 Å². The molecule has 4 heteroatoms. The number of esters is 1. The molecule has 0 bridgehead atoms. The summed E-state index contributed by atoms with van der Waals surface area (Å²) in [7, 11) is 1.35. The van der Waals surface area contributed by atoms with Gasteiger partial charge in [-0.1, -0.05) is 20.3 Å². The zero-order valence-corrected chi connectivity index (χ0v) is 10.6. The van der Waals surface area contributed by atoms with Crippen LogP contribution in [-0.2, 0) is 4.74 Å². The molecule has 0 aromatic heterocycles. The van der Waals surface area contributed by atoms with Crippen molar-refractivity contribution in [2.45, 2.75) is 20.3 Å². The van der Waals surface area contributed by atoms with Gasteiger partial charge in [0, 0.05) is 17.9 Å². The van der Waals surface area contributed by atoms with Crippen molar-refractivity contribution in [3.63, 3.8) is 0 Å². The van der Waals surface area contributed by atoms with Crippen LogP contribution < -0.4 is 11.1 Å². The van der Waals surface area contributed by atoms with E-state index in [1.165, 1.54) is 7.11 Å². The number of nitrogens with one attached hydrogen (secondary N) is 1. The zero-order valence-electron chi connectivity index (χ0n) is 10.6. The van der Waals surface area contributed by atoms with E-state index in [2.05, 4.69) is 23.9 Å². The van der Waals surface area contributed by atoms with Crippen molar-refractivity contribution < 1.29 is 9.53 Å². The largest absolute Gasteiger partial charge is 0.465 e. The van der Waals surface area contributed by atoms with Crippen LogP contribution in [0, 0.1) is 5.92 Å². The van der Waals surface area contributed by atoms with Gasteiger partial charge in [0.05, 0.1) is 12.7 Å². The molecule has 1 rings (SSSR count). The Morgan fingerprint density at radius 1 is 1.53 bits per heavy atom. The molecule has 0 saturated heterocycles. The minimum Gasteiger partial charge on any atom is -0.465 e. The van der Waals surface area contributed by atoms with Crippen molar-refractivity contribution in [3.05, 3.63) is 23.8 Å². The molecule has 3 N–H and O–H groups in total. The number of hydrogen-bond donors (Lipinski definition) is 2. The van der Waals surface area contributed by atoms with Crippen LogP contribution in [0.1, 0.15) is 30.6 Å². The fourth-order valence-electron chi connectivity index (χ4n) is 1.39. The summed E-state index contributed by atoms with van der Waals surface area (Å²) in [5.74, 6) is 0.184. The van der Waals surface area contributed by atoms with Crippen LogP contribution >= 0.6 is 0 Å². The van der Waals surface area contributed by atoms with Gasteiger partial charge in [-0.3, -0.25) is 0 Å². The van der Waals surface area contributed by atoms with Gasteiger partial charge in [0.1, 0.15) is 0 Å². The molecule has 0 amide bonds. The van der Waals surface area contributed by atoms with Crippen molar-refractivity contribution in [2.75, 3.05) is 24.7 Å². The van der Waals surface area contributed by atoms with Gasteiger partial charge in [-0.25, -0.2) is 4.79 Å². The molecule has 0 spiro atoms. The average molecular weight is 236 g/mol. The maximum atomic E-state index is 11.5. The number of benzene rings is 1. The monoisotopic (exact) mass is 236 g/mol. The van der Waals surface area contributed by atoms with Crippen molar-refractivity contribution >= 4 is 17.3 Å². The Morgan fingerprint density at radius 3 is 2.82 bits per heavy atom. The maximum Gasteiger partial charge on any atom is 0.340 e. The van der Waals surface area contributed by atoms with Crippen LogP contribution in [0.2, 0.25) is 0 Å². The van der Waals surface area contributed by atoms with Crippen molar-refractivity contribution in [1.82, 2.24) is 0 Å². The summed E-state index contributed by atoms with van der Waals surface area (Å²) in [5, 5.41) is 3.28. The first-order valence-electron chi connectivity index (χ1n) is 5.80. The topological polar surface area (TPSA) is 64.3 Å². The van der Waals surface area contributed by atoms with Gasteiger partial charge >= 0.3 is 5.97 Å². The fraction of sp³-hybridized carbons (Fsp3) is 0.462. The van der Waals surface area contributed by atoms with E-state index in [9.17, 15) is 4.79 Å². The molecule has 0 radical (unpaired) electrons. The second-order valence-electron chi connectivity index (χ2n) is 4.19. The van der Waals surface area contributed by atoms with Crippen LogP contribution in [0.15, 0.2) is 18.2 Å². The Morgan fingerprint density at radius 2 is 2.24 bits per heavy atom. The summed E-state index contributed by atoms with van der Waals surface area (Å²) in [6.07, 6.45) is 1.12. The van der Waals surface area contributed by atoms with Crippen LogP contribution in [-0.4, -0.2) is 19.6 Å². The van der Waals surface area contributed by atoms with Gasteiger partial charge in [0.25, 0.3) is 0 Å². The van der Waals surface area contributed by atoms with Gasteiger partial charge in [0.15, 0.2) is 0 Å². The molecule has 1 aromatic carbocycles. The van der Waals surface area contributed by atoms with Gasteiger partial charge in [-0.05, 0) is 24.1 Å². The van der Waals surface area contributed by atoms with E-state index >= 15 is 0 Å². The smallest absolute Gasteiger partial charge is 0.340 e. The molecule has 0 aliphatic carbocycles. The van der Waals surface area contributed by atoms with E-state index in [1.54, 1.807) is 12.1 Å². The zero-order chi connectivity index (χ0) is 12.8. The van der Waals surface area contributed by atoms with E-state index in [1.807, 2.05) is 6.07 Å². The molecule has 0 fully saturated rings. The number of ether oxygens (including phenoxy) is 1. The highest BCUT2D eigenvalue weighted by Crippen LogP contribution is 2.19. The van der Waals surface area contributed by atoms with Crippen molar-refractivity contribution in [3.8, 4) is 0 Å². The molecule has 1 aromatic rings. The third-order valence-corrected chi connectivity index (χ3v) is 2.81. The predicted molar refractivity (Wildman–Crippen MR) is 70.1 cm³/mol. The minimum atomic E-state index is -0.408. The molecule has 1 unspecified atom stereocenters. The van der Waals surface area contributed by atoms with Crippen molar-refractivity contribution in [1.29, 1.82) is 0 Å². The summed E-state index contributed by atoms with van der Waals surface area (Å²) in [6, 6.07) is 5.30. The quantitative estimate of drug-likeness (QED) is 0.609. The fourth-order valence-corrected chi connectivity index (χ4v) is 1.39. The molecule has 0 aliphatic heterocycles. The number of carbonyl (C=O) groups is 1. The Hall–Kier alpha value is -1.71. The van der Waals surface area contributed by atoms with Crippen LogP contribution in [0.4, 0.5) is 11.4 Å². The Bertz CT molecular complexity index is 391. The number of nitrogens with two attached hydrogens (primary N) is 1. The molecule has 94 valence electrons. The molecule has 0 aliphatic rings. The lowest BCUT2D eigenvalue weighted by atomic mass is 10.1. The predicted octanol–water partition coefficient (Wildman–Crippen LogP) is 2.51. The summed E-state index contributed by atoms with van der Waals surface area (Å²) in [6.45, 7) is 5.20. The number of methoxy groups -OCH3 is 1. The van der Waals surface area contributed by atoms with Gasteiger partial charge in [-0.15, -0.1) is 0 Å². The summed E-state index contributed by atoms with van der Waals surface area (Å²) in [4.78, 5) is 11.5. The number of rotatable bonds is 5. The molecular weight excluding hydrogens is 216 g/mol. The summed E-state index contributed by atoms with van der Waals surface area (Å²) >= 11 is 0. The van der Waals surface area contributed by atoms with E-state index in [0.29, 0.717) is 17.2 Å². The molecular formula is C13H20N2O2. The van der Waals surface area contributed by atoms with Crippen LogP contribution in [0.25, 0.3) is 0 Å². The Labute approximate surface area is 102 Å². The Balaban J connectivity index is 2.78. The first-order chi connectivity index (χ1) is 8.08. The standard InChI is InChI=1S/C13H20N2O2/c1-4-9(2)8-15-10-5-6-12(14)11(7-10)13(16)17-3/h5-7,9,15H,4,8,14H2,1-3H3. The average Bonchev–Trinajstić information content (AvgIpc) is 2.36. The SMILES string of the molecule is CCC(C)CNc1ccc(N)c(C(=O)OC)c1. The first-order valence-corrected chi connectivity index (χ1v) is 5.80. The lowest BCUT2D eigenvalue weighted by molar-refractivity contribution is 0.0602. The third kappa shape index (κ3) is 3.66. The first kappa shape index (κ1) is 13.4. The van der Waals surface area contributed by atoms with Crippen LogP contribution in [0.5, 0.6) is 0 Å². The number of carbonyl (C=O) groups excluding carboxylic acids is 1. The van der Waals surface area contributed by atoms with Crippen molar-refractivity contribution in [2.24, 2.45) is 5.92 Å². The highest BCUT2D eigenvalue weighted by molar-refractivity contribution is 5.96. The number of hydrogen-bond acceptors (Lipinski definition) is 4. The molecule has 4 nitrogen and oxygen atoms in total. The Kier molecular flexibility index (Phi) is 4.82.